The van der Waals surface area contributed by atoms with Crippen molar-refractivity contribution in [2.45, 2.75) is 20.8 Å². The van der Waals surface area contributed by atoms with Gasteiger partial charge in [0.15, 0.2) is 11.5 Å². The molecule has 4 rings (SSSR count). The Morgan fingerprint density at radius 3 is 1.97 bits per heavy atom. The first-order valence-electron chi connectivity index (χ1n) is 9.94. The monoisotopic (exact) mass is 396 g/mol. The molecule has 0 aliphatic heterocycles. The van der Waals surface area contributed by atoms with Crippen LogP contribution in [-0.2, 0) is 0 Å². The molecule has 150 valence electrons. The van der Waals surface area contributed by atoms with Crippen molar-refractivity contribution in [3.05, 3.63) is 108 Å². The molecule has 0 radical (unpaired) electrons. The lowest BCUT2D eigenvalue weighted by Gasteiger charge is -2.19. The van der Waals surface area contributed by atoms with Gasteiger partial charge in [0.2, 0.25) is 5.75 Å². The number of hydrogen-bond acceptors (Lipinski definition) is 3. The van der Waals surface area contributed by atoms with Gasteiger partial charge < -0.3 is 14.2 Å². The van der Waals surface area contributed by atoms with Gasteiger partial charge in [-0.2, -0.15) is 0 Å². The molecule has 4 aromatic rings. The van der Waals surface area contributed by atoms with Crippen molar-refractivity contribution in [1.29, 1.82) is 0 Å². The molecule has 0 saturated carbocycles. The van der Waals surface area contributed by atoms with Gasteiger partial charge in [0.1, 0.15) is 17.2 Å². The average molecular weight is 396 g/mol. The van der Waals surface area contributed by atoms with Crippen LogP contribution in [0.25, 0.3) is 0 Å². The SMILES string of the molecule is Cc1cccc(Oc2ccc(C)c(Oc3ccccc3)c2Oc2ccccc2C)c1. The van der Waals surface area contributed by atoms with Crippen molar-refractivity contribution >= 4 is 0 Å². The molecule has 0 bridgehead atoms. The maximum Gasteiger partial charge on any atom is 0.212 e. The summed E-state index contributed by atoms with van der Waals surface area (Å²) in [5, 5.41) is 0. The third-order valence-electron chi connectivity index (χ3n) is 4.76. The Kier molecular flexibility index (Phi) is 5.71. The molecule has 0 aliphatic carbocycles. The Hall–Kier alpha value is -3.72. The summed E-state index contributed by atoms with van der Waals surface area (Å²) in [6.45, 7) is 6.06. The molecule has 4 aromatic carbocycles. The molecule has 3 nitrogen and oxygen atoms in total. The summed E-state index contributed by atoms with van der Waals surface area (Å²) >= 11 is 0. The van der Waals surface area contributed by atoms with Gasteiger partial charge in [-0.1, -0.05) is 54.6 Å². The topological polar surface area (TPSA) is 27.7 Å². The van der Waals surface area contributed by atoms with Crippen LogP contribution in [0.5, 0.6) is 34.5 Å². The lowest BCUT2D eigenvalue weighted by Crippen LogP contribution is -1.97. The lowest BCUT2D eigenvalue weighted by atomic mass is 10.1. The average Bonchev–Trinajstić information content (AvgIpc) is 2.75. The van der Waals surface area contributed by atoms with E-state index in [2.05, 4.69) is 0 Å². The third kappa shape index (κ3) is 4.47. The first-order chi connectivity index (χ1) is 14.6. The first-order valence-corrected chi connectivity index (χ1v) is 9.94. The van der Waals surface area contributed by atoms with E-state index < -0.39 is 0 Å². The number of benzene rings is 4. The van der Waals surface area contributed by atoms with Crippen LogP contribution in [0, 0.1) is 20.8 Å². The first kappa shape index (κ1) is 19.6. The van der Waals surface area contributed by atoms with Crippen molar-refractivity contribution in [2.75, 3.05) is 0 Å². The van der Waals surface area contributed by atoms with E-state index in [4.69, 9.17) is 14.2 Å². The predicted molar refractivity (Wildman–Crippen MR) is 120 cm³/mol. The minimum absolute atomic E-state index is 0.551. The van der Waals surface area contributed by atoms with E-state index in [0.717, 1.165) is 33.9 Å². The summed E-state index contributed by atoms with van der Waals surface area (Å²) in [4.78, 5) is 0. The Bertz CT molecular complexity index is 1150. The Balaban J connectivity index is 1.80. The quantitative estimate of drug-likeness (QED) is 0.330. The fourth-order valence-corrected chi connectivity index (χ4v) is 3.14. The van der Waals surface area contributed by atoms with Gasteiger partial charge in [0.25, 0.3) is 0 Å². The number of rotatable bonds is 6. The number of ether oxygens (including phenoxy) is 3. The molecule has 0 N–H and O–H groups in total. The standard InChI is InChI=1S/C27H24O3/c1-19-10-9-14-23(18-19)28-25-17-16-21(3)26(29-22-12-5-4-6-13-22)27(25)30-24-15-8-7-11-20(24)2/h4-18H,1-3H3. The zero-order chi connectivity index (χ0) is 20.9. The van der Waals surface area contributed by atoms with Gasteiger partial charge in [-0.25, -0.2) is 0 Å². The molecule has 0 aliphatic rings. The van der Waals surface area contributed by atoms with Gasteiger partial charge in [0, 0.05) is 0 Å². The summed E-state index contributed by atoms with van der Waals surface area (Å²) in [6, 6.07) is 29.4. The molecule has 0 amide bonds. The van der Waals surface area contributed by atoms with E-state index in [9.17, 15) is 0 Å². The van der Waals surface area contributed by atoms with E-state index >= 15 is 0 Å². The van der Waals surface area contributed by atoms with Gasteiger partial charge in [-0.3, -0.25) is 0 Å². The summed E-state index contributed by atoms with van der Waals surface area (Å²) in [5.74, 6) is 4.03. The van der Waals surface area contributed by atoms with Gasteiger partial charge >= 0.3 is 0 Å². The van der Waals surface area contributed by atoms with Crippen molar-refractivity contribution < 1.29 is 14.2 Å². The van der Waals surface area contributed by atoms with Crippen LogP contribution in [0.4, 0.5) is 0 Å². The van der Waals surface area contributed by atoms with Crippen molar-refractivity contribution in [3.63, 3.8) is 0 Å². The summed E-state index contributed by atoms with van der Waals surface area (Å²) in [6.07, 6.45) is 0. The van der Waals surface area contributed by atoms with Gasteiger partial charge in [0.05, 0.1) is 0 Å². The van der Waals surface area contributed by atoms with E-state index in [0.29, 0.717) is 17.2 Å². The fourth-order valence-electron chi connectivity index (χ4n) is 3.14. The number of para-hydroxylation sites is 2. The molecule has 0 spiro atoms. The molecule has 30 heavy (non-hydrogen) atoms. The van der Waals surface area contributed by atoms with E-state index in [1.54, 1.807) is 0 Å². The van der Waals surface area contributed by atoms with Gasteiger partial charge in [-0.15, -0.1) is 0 Å². The van der Waals surface area contributed by atoms with E-state index in [1.807, 2.05) is 112 Å². The second kappa shape index (κ2) is 8.75. The number of aryl methyl sites for hydroxylation is 3. The highest BCUT2D eigenvalue weighted by Crippen LogP contribution is 2.46. The molecule has 0 saturated heterocycles. The maximum atomic E-state index is 6.38. The Morgan fingerprint density at radius 2 is 1.20 bits per heavy atom. The van der Waals surface area contributed by atoms with Crippen molar-refractivity contribution in [3.8, 4) is 34.5 Å². The van der Waals surface area contributed by atoms with Crippen LogP contribution in [0.1, 0.15) is 16.7 Å². The zero-order valence-corrected chi connectivity index (χ0v) is 17.4. The molecule has 0 atom stereocenters. The smallest absolute Gasteiger partial charge is 0.212 e. The highest BCUT2D eigenvalue weighted by atomic mass is 16.5. The van der Waals surface area contributed by atoms with Crippen molar-refractivity contribution in [2.24, 2.45) is 0 Å². The number of hydrogen-bond donors (Lipinski definition) is 0. The lowest BCUT2D eigenvalue weighted by molar-refractivity contribution is 0.383. The second-order valence-electron chi connectivity index (χ2n) is 7.24. The molecule has 0 unspecified atom stereocenters. The second-order valence-corrected chi connectivity index (χ2v) is 7.24. The normalized spacial score (nSPS) is 10.5. The van der Waals surface area contributed by atoms with Crippen LogP contribution >= 0.6 is 0 Å². The highest BCUT2D eigenvalue weighted by Gasteiger charge is 2.19. The minimum atomic E-state index is 0.551. The summed E-state index contributed by atoms with van der Waals surface area (Å²) < 4.78 is 18.9. The van der Waals surface area contributed by atoms with E-state index in [-0.39, 0.29) is 0 Å². The van der Waals surface area contributed by atoms with Crippen LogP contribution in [-0.4, -0.2) is 0 Å². The van der Waals surface area contributed by atoms with Gasteiger partial charge in [-0.05, 0) is 73.9 Å². The molecule has 0 fully saturated rings. The van der Waals surface area contributed by atoms with Crippen LogP contribution < -0.4 is 14.2 Å². The molecule has 0 aromatic heterocycles. The Morgan fingerprint density at radius 1 is 0.467 bits per heavy atom. The minimum Gasteiger partial charge on any atom is -0.453 e. The van der Waals surface area contributed by atoms with E-state index in [1.165, 1.54) is 0 Å². The molecule has 0 heterocycles. The predicted octanol–water partition coefficient (Wildman–Crippen LogP) is 7.99. The van der Waals surface area contributed by atoms with Crippen LogP contribution in [0.2, 0.25) is 0 Å². The molecular formula is C27H24O3. The largest absolute Gasteiger partial charge is 0.453 e. The molecular weight excluding hydrogens is 372 g/mol. The fraction of sp³-hybridized carbons (Fsp3) is 0.111. The highest BCUT2D eigenvalue weighted by molar-refractivity contribution is 5.59. The Labute approximate surface area is 177 Å². The van der Waals surface area contributed by atoms with Crippen LogP contribution in [0.15, 0.2) is 91.0 Å². The zero-order valence-electron chi connectivity index (χ0n) is 17.4. The van der Waals surface area contributed by atoms with Crippen molar-refractivity contribution in [1.82, 2.24) is 0 Å². The summed E-state index contributed by atoms with van der Waals surface area (Å²) in [7, 11) is 0. The summed E-state index contributed by atoms with van der Waals surface area (Å²) in [5.41, 5.74) is 3.12. The third-order valence-corrected chi connectivity index (χ3v) is 4.76. The van der Waals surface area contributed by atoms with Crippen LogP contribution in [0.3, 0.4) is 0 Å². The maximum absolute atomic E-state index is 6.38. The molecule has 3 heteroatoms.